The van der Waals surface area contributed by atoms with Gasteiger partial charge < -0.3 is 14.9 Å². The molecule has 28 heavy (non-hydrogen) atoms. The first-order valence-electron chi connectivity index (χ1n) is 9.75. The third kappa shape index (κ3) is 3.34. The maximum absolute atomic E-state index is 12.1. The zero-order valence-corrected chi connectivity index (χ0v) is 17.2. The summed E-state index contributed by atoms with van der Waals surface area (Å²) in [5.74, 6) is -1.02. The highest BCUT2D eigenvalue weighted by Gasteiger charge is 2.58. The van der Waals surface area contributed by atoms with Crippen molar-refractivity contribution in [2.24, 2.45) is 22.7 Å². The fraction of sp³-hybridized carbons (Fsp3) is 0.750. The molecule has 0 bridgehead atoms. The van der Waals surface area contributed by atoms with Crippen LogP contribution < -0.4 is 0 Å². The molecule has 0 radical (unpaired) electrons. The molecule has 2 aliphatic carbocycles. The third-order valence-corrected chi connectivity index (χ3v) is 8.77. The maximum atomic E-state index is 12.1. The summed E-state index contributed by atoms with van der Waals surface area (Å²) in [5, 5.41) is 19.3. The Morgan fingerprint density at radius 2 is 2.04 bits per heavy atom. The Hall–Kier alpha value is -1.22. The Bertz CT molecular complexity index is 801. The van der Waals surface area contributed by atoms with E-state index >= 15 is 0 Å². The van der Waals surface area contributed by atoms with Gasteiger partial charge in [0.25, 0.3) is 10.1 Å². The Labute approximate surface area is 166 Å². The lowest BCUT2D eigenvalue weighted by molar-refractivity contribution is -0.152. The molecule has 0 aromatic rings. The summed E-state index contributed by atoms with van der Waals surface area (Å²) in [4.78, 5) is 12.0. The van der Waals surface area contributed by atoms with E-state index in [4.69, 9.17) is 4.74 Å². The van der Waals surface area contributed by atoms with Gasteiger partial charge in [-0.3, -0.25) is 4.55 Å². The zero-order valence-electron chi connectivity index (χ0n) is 16.4. The highest BCUT2D eigenvalue weighted by molar-refractivity contribution is 7.86. The maximum Gasteiger partial charge on any atom is 0.335 e. The average Bonchev–Trinajstić information content (AvgIpc) is 3.02. The Morgan fingerprint density at radius 1 is 1.36 bits per heavy atom. The van der Waals surface area contributed by atoms with Crippen molar-refractivity contribution in [2.75, 3.05) is 13.2 Å². The van der Waals surface area contributed by atoms with Crippen molar-refractivity contribution >= 4 is 16.1 Å². The van der Waals surface area contributed by atoms with E-state index in [9.17, 15) is 28.0 Å². The van der Waals surface area contributed by atoms with Gasteiger partial charge in [0.2, 0.25) is 0 Å². The molecule has 1 heterocycles. The molecule has 2 saturated carbocycles. The number of carbonyl (C=O) groups is 1. The molecule has 0 saturated heterocycles. The minimum atomic E-state index is -4.52. The first-order chi connectivity index (χ1) is 12.9. The monoisotopic (exact) mass is 414 g/mol. The molecule has 2 fully saturated rings. The number of esters is 1. The largest absolute Gasteiger partial charge is 0.458 e. The molecule has 0 spiro atoms. The summed E-state index contributed by atoms with van der Waals surface area (Å²) >= 11 is 0. The second kappa shape index (κ2) is 7.23. The van der Waals surface area contributed by atoms with Crippen molar-refractivity contribution in [1.82, 2.24) is 0 Å². The highest BCUT2D eigenvalue weighted by Crippen LogP contribution is 2.62. The predicted molar refractivity (Wildman–Crippen MR) is 103 cm³/mol. The van der Waals surface area contributed by atoms with Gasteiger partial charge in [-0.15, -0.1) is 0 Å². The molecule has 0 aromatic carbocycles. The second-order valence-corrected chi connectivity index (χ2v) is 10.6. The predicted octanol–water partition coefficient (Wildman–Crippen LogP) is 1.86. The number of carbonyl (C=O) groups excluding carboxylic acids is 1. The van der Waals surface area contributed by atoms with Crippen LogP contribution in [-0.4, -0.2) is 53.7 Å². The molecule has 3 rings (SSSR count). The molecule has 3 N–H and O–H groups in total. The van der Waals surface area contributed by atoms with Gasteiger partial charge in [-0.2, -0.15) is 8.42 Å². The lowest BCUT2D eigenvalue weighted by Crippen LogP contribution is -2.57. The van der Waals surface area contributed by atoms with Gasteiger partial charge in [-0.1, -0.05) is 26.0 Å². The van der Waals surface area contributed by atoms with Gasteiger partial charge in [0.05, 0.1) is 18.3 Å². The third-order valence-electron chi connectivity index (χ3n) is 7.60. The molecule has 3 aliphatic rings. The molecule has 0 amide bonds. The highest BCUT2D eigenvalue weighted by atomic mass is 32.2. The van der Waals surface area contributed by atoms with Crippen LogP contribution >= 0.6 is 0 Å². The van der Waals surface area contributed by atoms with Crippen LogP contribution in [0.5, 0.6) is 0 Å². The number of rotatable bonds is 5. The number of fused-ring (bicyclic) bond motifs is 1. The van der Waals surface area contributed by atoms with Crippen molar-refractivity contribution in [1.29, 1.82) is 0 Å². The average molecular weight is 415 g/mol. The number of aliphatic hydroxyl groups is 2. The number of hydrogen-bond acceptors (Lipinski definition) is 6. The van der Waals surface area contributed by atoms with Crippen LogP contribution in [0.4, 0.5) is 0 Å². The Balaban J connectivity index is 1.99. The fourth-order valence-electron chi connectivity index (χ4n) is 5.90. The summed E-state index contributed by atoms with van der Waals surface area (Å²) in [5.41, 5.74) is -0.235. The van der Waals surface area contributed by atoms with Crippen LogP contribution in [0.15, 0.2) is 23.8 Å². The fourth-order valence-corrected chi connectivity index (χ4v) is 6.84. The summed E-state index contributed by atoms with van der Waals surface area (Å²) in [6, 6.07) is 0. The van der Waals surface area contributed by atoms with Crippen LogP contribution in [-0.2, 0) is 19.6 Å². The van der Waals surface area contributed by atoms with Gasteiger partial charge in [-0.05, 0) is 55.4 Å². The van der Waals surface area contributed by atoms with Gasteiger partial charge in [0.1, 0.15) is 11.9 Å². The lowest BCUT2D eigenvalue weighted by Gasteiger charge is -2.60. The van der Waals surface area contributed by atoms with E-state index in [1.165, 1.54) is 6.08 Å². The molecule has 8 heteroatoms. The van der Waals surface area contributed by atoms with Crippen LogP contribution in [0.1, 0.15) is 46.0 Å². The quantitative estimate of drug-likeness (QED) is 0.357. The van der Waals surface area contributed by atoms with E-state index in [1.54, 1.807) is 0 Å². The molecule has 6 atom stereocenters. The summed E-state index contributed by atoms with van der Waals surface area (Å²) in [6.45, 7) is 7.94. The normalized spacial score (nSPS) is 39.9. The standard InChI is InChI=1S/C20H30O7S/c1-12-4-5-16-19(2,8-6-17(22)20(16,3)11-21)14(12)10-15(28(24,25)26)13-7-9-27-18(13)23/h7,14-17,21-22H,1,4-6,8-11H2,2-3H3,(H,24,25,26)/t14?,15?,16?,17-,19+,20+/m1/s1. The van der Waals surface area contributed by atoms with E-state index in [1.807, 2.05) is 6.92 Å². The van der Waals surface area contributed by atoms with E-state index < -0.39 is 38.3 Å². The van der Waals surface area contributed by atoms with Crippen molar-refractivity contribution in [3.05, 3.63) is 23.8 Å². The molecule has 158 valence electrons. The molecule has 7 nitrogen and oxygen atoms in total. The van der Waals surface area contributed by atoms with Crippen LogP contribution in [0.25, 0.3) is 0 Å². The van der Waals surface area contributed by atoms with Crippen molar-refractivity contribution in [3.63, 3.8) is 0 Å². The van der Waals surface area contributed by atoms with Crippen LogP contribution in [0.3, 0.4) is 0 Å². The SMILES string of the molecule is C=C1CCC2[C@@](C)(CC[C@@H](O)[C@@]2(C)CO)C1CC(C1=CCOC1=O)S(=O)(=O)O. The first-order valence-corrected chi connectivity index (χ1v) is 11.3. The lowest BCUT2D eigenvalue weighted by atomic mass is 9.46. The van der Waals surface area contributed by atoms with Crippen LogP contribution in [0, 0.1) is 22.7 Å². The molecule has 3 unspecified atom stereocenters. The molecular weight excluding hydrogens is 384 g/mol. The van der Waals surface area contributed by atoms with E-state index in [0.29, 0.717) is 19.3 Å². The minimum absolute atomic E-state index is 0.000465. The first kappa shape index (κ1) is 21.5. The Kier molecular flexibility index (Phi) is 5.55. The van der Waals surface area contributed by atoms with Crippen LogP contribution in [0.2, 0.25) is 0 Å². The number of hydrogen-bond donors (Lipinski definition) is 3. The van der Waals surface area contributed by atoms with E-state index in [0.717, 1.165) is 12.0 Å². The Morgan fingerprint density at radius 3 is 2.57 bits per heavy atom. The van der Waals surface area contributed by atoms with Crippen molar-refractivity contribution in [3.8, 4) is 0 Å². The summed E-state index contributed by atoms with van der Waals surface area (Å²) in [7, 11) is -4.52. The smallest absolute Gasteiger partial charge is 0.335 e. The summed E-state index contributed by atoms with van der Waals surface area (Å²) < 4.78 is 39.0. The molecule has 0 aromatic heterocycles. The molecular formula is C20H30O7S. The van der Waals surface area contributed by atoms with Gasteiger partial charge in [0, 0.05) is 5.41 Å². The number of allylic oxidation sites excluding steroid dienone is 1. The molecule has 1 aliphatic heterocycles. The number of ether oxygens (including phenoxy) is 1. The summed E-state index contributed by atoms with van der Waals surface area (Å²) in [6.07, 6.45) is 3.36. The minimum Gasteiger partial charge on any atom is -0.458 e. The van der Waals surface area contributed by atoms with Gasteiger partial charge in [-0.25, -0.2) is 4.79 Å². The number of aliphatic hydroxyl groups excluding tert-OH is 2. The van der Waals surface area contributed by atoms with E-state index in [2.05, 4.69) is 13.5 Å². The van der Waals surface area contributed by atoms with Gasteiger partial charge >= 0.3 is 5.97 Å². The topological polar surface area (TPSA) is 121 Å². The zero-order chi connectivity index (χ0) is 20.9. The number of cyclic esters (lactones) is 1. The van der Waals surface area contributed by atoms with E-state index in [-0.39, 0.29) is 37.0 Å². The second-order valence-electron chi connectivity index (χ2n) is 9.02. The van der Waals surface area contributed by atoms with Crippen molar-refractivity contribution < 1.29 is 32.7 Å². The van der Waals surface area contributed by atoms with Crippen molar-refractivity contribution in [2.45, 2.75) is 57.3 Å². The van der Waals surface area contributed by atoms with Gasteiger partial charge in [0.15, 0.2) is 0 Å².